The van der Waals surface area contributed by atoms with Crippen LogP contribution in [0.2, 0.25) is 0 Å². The lowest BCUT2D eigenvalue weighted by Crippen LogP contribution is -2.31. The maximum atomic E-state index is 12.1. The van der Waals surface area contributed by atoms with Gasteiger partial charge in [0.05, 0.1) is 5.52 Å². The summed E-state index contributed by atoms with van der Waals surface area (Å²) < 4.78 is 4.38. The van der Waals surface area contributed by atoms with Crippen LogP contribution in [-0.4, -0.2) is 22.7 Å². The van der Waals surface area contributed by atoms with Crippen LogP contribution in [0.3, 0.4) is 0 Å². The minimum Gasteiger partial charge on any atom is -0.302 e. The van der Waals surface area contributed by atoms with E-state index in [1.54, 1.807) is 0 Å². The van der Waals surface area contributed by atoms with E-state index in [0.29, 0.717) is 18.8 Å². The second-order valence-electron chi connectivity index (χ2n) is 3.99. The number of rotatable bonds is 5. The third-order valence-corrected chi connectivity index (χ3v) is 3.76. The summed E-state index contributed by atoms with van der Waals surface area (Å²) in [5.74, 6) is 0.428. The van der Waals surface area contributed by atoms with Gasteiger partial charge in [-0.3, -0.25) is 4.79 Å². The first-order chi connectivity index (χ1) is 8.77. The van der Waals surface area contributed by atoms with Crippen LogP contribution in [-0.2, 0) is 4.79 Å². The molecule has 0 radical (unpaired) electrons. The van der Waals surface area contributed by atoms with Crippen molar-refractivity contribution in [1.29, 1.82) is 0 Å². The van der Waals surface area contributed by atoms with Crippen molar-refractivity contribution in [1.82, 2.24) is 4.37 Å². The summed E-state index contributed by atoms with van der Waals surface area (Å²) in [7, 11) is 0. The first-order valence-electron chi connectivity index (χ1n) is 5.98. The molecule has 1 amide bonds. The lowest BCUT2D eigenvalue weighted by molar-refractivity contribution is -0.118. The Morgan fingerprint density at radius 2 is 2.22 bits per heavy atom. The maximum absolute atomic E-state index is 12.1. The monoisotopic (exact) mass is 282 g/mol. The van der Waals surface area contributed by atoms with Crippen molar-refractivity contribution < 1.29 is 4.79 Å². The standard InChI is InChI=1S/C13H15ClN2OS/c1-2-9-16(12(17)7-8-14)13-10-5-3-4-6-11(10)15-18-13/h3-6H,2,7-9H2,1H3. The van der Waals surface area contributed by atoms with Gasteiger partial charge in [-0.2, -0.15) is 4.37 Å². The van der Waals surface area contributed by atoms with Crippen LogP contribution in [0.15, 0.2) is 24.3 Å². The van der Waals surface area contributed by atoms with E-state index in [-0.39, 0.29) is 5.91 Å². The molecule has 2 aromatic rings. The fourth-order valence-corrected chi connectivity index (χ4v) is 2.92. The number of carbonyl (C=O) groups excluding carboxylic acids is 1. The number of aromatic nitrogens is 1. The van der Waals surface area contributed by atoms with Crippen LogP contribution in [0.1, 0.15) is 19.8 Å². The van der Waals surface area contributed by atoms with Crippen molar-refractivity contribution in [3.8, 4) is 0 Å². The molecule has 1 aromatic carbocycles. The molecule has 0 bridgehead atoms. The molecule has 0 saturated heterocycles. The molecule has 0 unspecified atom stereocenters. The quantitative estimate of drug-likeness (QED) is 0.784. The number of halogens is 1. The Bertz CT molecular complexity index is 541. The fraction of sp³-hybridized carbons (Fsp3) is 0.385. The van der Waals surface area contributed by atoms with E-state index in [4.69, 9.17) is 11.6 Å². The molecule has 0 N–H and O–H groups in total. The molecule has 0 fully saturated rings. The molecule has 96 valence electrons. The molecule has 2 rings (SSSR count). The van der Waals surface area contributed by atoms with Gasteiger partial charge in [-0.05, 0) is 30.1 Å². The normalized spacial score (nSPS) is 10.8. The van der Waals surface area contributed by atoms with Crippen LogP contribution < -0.4 is 4.90 Å². The van der Waals surface area contributed by atoms with Crippen molar-refractivity contribution >= 4 is 44.9 Å². The van der Waals surface area contributed by atoms with Gasteiger partial charge in [-0.25, -0.2) is 0 Å². The summed E-state index contributed by atoms with van der Waals surface area (Å²) in [5.41, 5.74) is 0.942. The maximum Gasteiger partial charge on any atom is 0.228 e. The summed E-state index contributed by atoms with van der Waals surface area (Å²) in [6.07, 6.45) is 1.29. The average molecular weight is 283 g/mol. The van der Waals surface area contributed by atoms with Gasteiger partial charge in [-0.15, -0.1) is 11.6 Å². The number of anilines is 1. The third kappa shape index (κ3) is 2.65. The number of hydrogen-bond donors (Lipinski definition) is 0. The minimum atomic E-state index is 0.0706. The van der Waals surface area contributed by atoms with Crippen LogP contribution in [0.25, 0.3) is 10.9 Å². The van der Waals surface area contributed by atoms with Crippen LogP contribution >= 0.6 is 23.1 Å². The molecule has 0 aliphatic heterocycles. The van der Waals surface area contributed by atoms with E-state index in [2.05, 4.69) is 11.3 Å². The van der Waals surface area contributed by atoms with Crippen molar-refractivity contribution in [2.45, 2.75) is 19.8 Å². The smallest absolute Gasteiger partial charge is 0.228 e. The highest BCUT2D eigenvalue weighted by Crippen LogP contribution is 2.31. The zero-order valence-electron chi connectivity index (χ0n) is 10.2. The molecule has 0 aliphatic carbocycles. The molecule has 18 heavy (non-hydrogen) atoms. The summed E-state index contributed by atoms with van der Waals surface area (Å²) in [6, 6.07) is 7.89. The molecule has 1 aromatic heterocycles. The molecule has 0 saturated carbocycles. The van der Waals surface area contributed by atoms with E-state index in [9.17, 15) is 4.79 Å². The van der Waals surface area contributed by atoms with Gasteiger partial charge in [0.25, 0.3) is 0 Å². The molecule has 0 spiro atoms. The zero-order chi connectivity index (χ0) is 13.0. The molecule has 1 heterocycles. The Labute approximate surface area is 116 Å². The van der Waals surface area contributed by atoms with Crippen LogP contribution in [0.5, 0.6) is 0 Å². The molecule has 5 heteroatoms. The number of nitrogens with zero attached hydrogens (tertiary/aromatic N) is 2. The lowest BCUT2D eigenvalue weighted by atomic mass is 10.2. The highest BCUT2D eigenvalue weighted by atomic mass is 35.5. The molecule has 3 nitrogen and oxygen atoms in total. The Hall–Kier alpha value is -1.13. The summed E-state index contributed by atoms with van der Waals surface area (Å²) in [5, 5.41) is 1.97. The molecule has 0 atom stereocenters. The number of carbonyl (C=O) groups is 1. The van der Waals surface area contributed by atoms with Gasteiger partial charge in [0, 0.05) is 24.2 Å². The number of benzene rings is 1. The lowest BCUT2D eigenvalue weighted by Gasteiger charge is -2.20. The zero-order valence-corrected chi connectivity index (χ0v) is 11.8. The Morgan fingerprint density at radius 1 is 1.44 bits per heavy atom. The second kappa shape index (κ2) is 6.16. The van der Waals surface area contributed by atoms with Crippen molar-refractivity contribution in [3.05, 3.63) is 24.3 Å². The highest BCUT2D eigenvalue weighted by Gasteiger charge is 2.18. The Morgan fingerprint density at radius 3 is 2.94 bits per heavy atom. The summed E-state index contributed by atoms with van der Waals surface area (Å²) in [4.78, 5) is 13.9. The third-order valence-electron chi connectivity index (χ3n) is 2.67. The van der Waals surface area contributed by atoms with E-state index >= 15 is 0 Å². The number of alkyl halides is 1. The van der Waals surface area contributed by atoms with Gasteiger partial charge in [0.1, 0.15) is 5.00 Å². The topological polar surface area (TPSA) is 33.2 Å². The van der Waals surface area contributed by atoms with Crippen molar-refractivity contribution in [3.63, 3.8) is 0 Å². The molecular weight excluding hydrogens is 268 g/mol. The van der Waals surface area contributed by atoms with Crippen LogP contribution in [0.4, 0.5) is 5.00 Å². The van der Waals surface area contributed by atoms with Gasteiger partial charge in [0.15, 0.2) is 0 Å². The summed E-state index contributed by atoms with van der Waals surface area (Å²) >= 11 is 7.04. The second-order valence-corrected chi connectivity index (χ2v) is 5.12. The van der Waals surface area contributed by atoms with Gasteiger partial charge in [0.2, 0.25) is 5.91 Å². The van der Waals surface area contributed by atoms with Crippen molar-refractivity contribution in [2.75, 3.05) is 17.3 Å². The van der Waals surface area contributed by atoms with E-state index in [1.165, 1.54) is 11.5 Å². The predicted octanol–water partition coefficient (Wildman–Crippen LogP) is 3.67. The van der Waals surface area contributed by atoms with E-state index in [1.807, 2.05) is 29.2 Å². The SMILES string of the molecule is CCCN(C(=O)CCCl)c1snc2ccccc12. The number of hydrogen-bond acceptors (Lipinski definition) is 3. The van der Waals surface area contributed by atoms with Gasteiger partial charge in [-0.1, -0.05) is 19.1 Å². The largest absolute Gasteiger partial charge is 0.302 e. The number of amides is 1. The Kier molecular flexibility index (Phi) is 4.55. The van der Waals surface area contributed by atoms with E-state index in [0.717, 1.165) is 22.3 Å². The minimum absolute atomic E-state index is 0.0706. The fourth-order valence-electron chi connectivity index (χ4n) is 1.85. The van der Waals surface area contributed by atoms with Crippen molar-refractivity contribution in [2.24, 2.45) is 0 Å². The molecular formula is C13H15ClN2OS. The predicted molar refractivity (Wildman–Crippen MR) is 77.6 cm³/mol. The molecule has 0 aliphatic rings. The highest BCUT2D eigenvalue weighted by molar-refractivity contribution is 7.12. The summed E-state index contributed by atoms with van der Waals surface area (Å²) in [6.45, 7) is 2.77. The Balaban J connectivity index is 2.38. The van der Waals surface area contributed by atoms with E-state index < -0.39 is 0 Å². The first kappa shape index (κ1) is 13.3. The first-order valence-corrected chi connectivity index (χ1v) is 7.29. The van der Waals surface area contributed by atoms with Gasteiger partial charge < -0.3 is 4.90 Å². The van der Waals surface area contributed by atoms with Crippen LogP contribution in [0, 0.1) is 0 Å². The average Bonchev–Trinajstić information content (AvgIpc) is 2.80. The number of fused-ring (bicyclic) bond motifs is 1. The van der Waals surface area contributed by atoms with Gasteiger partial charge >= 0.3 is 0 Å².